The van der Waals surface area contributed by atoms with Gasteiger partial charge in [0.1, 0.15) is 23.9 Å². The number of Topliss-reactive ketones (excluding diaryl/α,β-unsaturated/α-hetero) is 1. The van der Waals surface area contributed by atoms with Gasteiger partial charge in [0.25, 0.3) is 0 Å². The summed E-state index contributed by atoms with van der Waals surface area (Å²) in [5, 5.41) is 11.0. The molecule has 2 saturated heterocycles. The van der Waals surface area contributed by atoms with Crippen LogP contribution in [0.4, 0.5) is 0 Å². The van der Waals surface area contributed by atoms with Crippen LogP contribution in [0.1, 0.15) is 27.7 Å². The molecule has 144 valence electrons. The van der Waals surface area contributed by atoms with E-state index in [9.17, 15) is 19.5 Å². The van der Waals surface area contributed by atoms with E-state index in [0.717, 1.165) is 0 Å². The number of aliphatic hydroxyl groups is 1. The van der Waals surface area contributed by atoms with Gasteiger partial charge in [0.05, 0.1) is 11.8 Å². The highest BCUT2D eigenvalue weighted by molar-refractivity contribution is 6.07. The van der Waals surface area contributed by atoms with Crippen LogP contribution in [0.2, 0.25) is 0 Å². The Bertz CT molecular complexity index is 850. The zero-order chi connectivity index (χ0) is 19.8. The van der Waals surface area contributed by atoms with Crippen molar-refractivity contribution in [1.82, 2.24) is 0 Å². The molecule has 3 fully saturated rings. The molecule has 1 saturated carbocycles. The molecule has 0 aromatic rings. The highest BCUT2D eigenvalue weighted by Crippen LogP contribution is 2.60. The van der Waals surface area contributed by atoms with E-state index < -0.39 is 53.8 Å². The van der Waals surface area contributed by atoms with Crippen molar-refractivity contribution >= 4 is 17.7 Å². The lowest BCUT2D eigenvalue weighted by Crippen LogP contribution is -2.44. The molecule has 7 heteroatoms. The maximum absolute atomic E-state index is 12.8. The van der Waals surface area contributed by atoms with Gasteiger partial charge in [0.2, 0.25) is 0 Å². The molecule has 27 heavy (non-hydrogen) atoms. The molecule has 0 aromatic carbocycles. The predicted molar refractivity (Wildman–Crippen MR) is 92.3 cm³/mol. The summed E-state index contributed by atoms with van der Waals surface area (Å²) in [4.78, 5) is 37.4. The van der Waals surface area contributed by atoms with Crippen LogP contribution in [0.15, 0.2) is 34.9 Å². The monoisotopic (exact) mass is 374 g/mol. The number of epoxide rings is 1. The van der Waals surface area contributed by atoms with Crippen LogP contribution in [0.5, 0.6) is 0 Å². The number of ketones is 1. The van der Waals surface area contributed by atoms with Crippen LogP contribution in [-0.2, 0) is 28.6 Å². The van der Waals surface area contributed by atoms with Crippen molar-refractivity contribution in [2.75, 3.05) is 0 Å². The Kier molecular flexibility index (Phi) is 3.78. The van der Waals surface area contributed by atoms with Crippen LogP contribution in [0, 0.1) is 11.8 Å². The Morgan fingerprint density at radius 2 is 2.04 bits per heavy atom. The first-order valence-corrected chi connectivity index (χ1v) is 8.98. The van der Waals surface area contributed by atoms with Crippen molar-refractivity contribution in [3.8, 4) is 0 Å². The molecule has 2 aliphatic carbocycles. The molecule has 4 rings (SSSR count). The number of rotatable bonds is 2. The van der Waals surface area contributed by atoms with Crippen molar-refractivity contribution in [2.24, 2.45) is 11.8 Å². The number of carbonyl (C=O) groups is 3. The molecule has 0 spiro atoms. The summed E-state index contributed by atoms with van der Waals surface area (Å²) in [5.74, 6) is -2.70. The van der Waals surface area contributed by atoms with Crippen molar-refractivity contribution in [3.05, 3.63) is 34.9 Å². The zero-order valence-electron chi connectivity index (χ0n) is 15.6. The molecule has 1 N–H and O–H groups in total. The average Bonchev–Trinajstić information content (AvgIpc) is 3.19. The van der Waals surface area contributed by atoms with Gasteiger partial charge >= 0.3 is 11.9 Å². The number of hydrogen-bond acceptors (Lipinski definition) is 7. The SMILES string of the molecule is C=C1C(=O)O[C@H]2[C@H]1[C@H](OC(=O)/C(C)=C/C)[C@H](O)C(C)=C1C(=O)[C@H]3O[C@@]3(C)[C@@H]12. The van der Waals surface area contributed by atoms with Crippen molar-refractivity contribution in [3.63, 3.8) is 0 Å². The fraction of sp³-hybridized carbons (Fsp3) is 0.550. The Balaban J connectivity index is 1.83. The van der Waals surface area contributed by atoms with E-state index >= 15 is 0 Å². The molecular weight excluding hydrogens is 352 g/mol. The Labute approximate surface area is 156 Å². The lowest BCUT2D eigenvalue weighted by atomic mass is 9.79. The first-order valence-electron chi connectivity index (χ1n) is 8.98. The summed E-state index contributed by atoms with van der Waals surface area (Å²) >= 11 is 0. The lowest BCUT2D eigenvalue weighted by molar-refractivity contribution is -0.155. The third kappa shape index (κ3) is 2.24. The molecule has 0 aromatic heterocycles. The number of aliphatic hydroxyl groups excluding tert-OH is 1. The first-order chi connectivity index (χ1) is 12.6. The van der Waals surface area contributed by atoms with Gasteiger partial charge in [-0.1, -0.05) is 12.7 Å². The topological polar surface area (TPSA) is 102 Å². The molecule has 2 aliphatic heterocycles. The minimum atomic E-state index is -1.25. The van der Waals surface area contributed by atoms with Gasteiger partial charge in [0.15, 0.2) is 11.9 Å². The van der Waals surface area contributed by atoms with Crippen molar-refractivity contribution in [1.29, 1.82) is 0 Å². The van der Waals surface area contributed by atoms with Crippen LogP contribution in [0.3, 0.4) is 0 Å². The summed E-state index contributed by atoms with van der Waals surface area (Å²) in [6.45, 7) is 10.5. The van der Waals surface area contributed by atoms with E-state index in [0.29, 0.717) is 16.7 Å². The van der Waals surface area contributed by atoms with Gasteiger partial charge in [-0.25, -0.2) is 9.59 Å². The normalized spacial score (nSPS) is 43.0. The number of carbonyl (C=O) groups excluding carboxylic acids is 3. The van der Waals surface area contributed by atoms with Crippen LogP contribution < -0.4 is 0 Å². The van der Waals surface area contributed by atoms with Crippen LogP contribution in [-0.4, -0.2) is 52.8 Å². The quantitative estimate of drug-likeness (QED) is 0.437. The van der Waals surface area contributed by atoms with Crippen LogP contribution in [0.25, 0.3) is 0 Å². The fourth-order valence-electron chi connectivity index (χ4n) is 4.62. The summed E-state index contributed by atoms with van der Waals surface area (Å²) in [6.07, 6.45) is -2.10. The third-order valence-corrected chi connectivity index (χ3v) is 6.39. The Morgan fingerprint density at radius 1 is 1.37 bits per heavy atom. The molecule has 7 nitrogen and oxygen atoms in total. The predicted octanol–water partition coefficient (Wildman–Crippen LogP) is 1.01. The molecule has 0 amide bonds. The number of esters is 2. The number of ether oxygens (including phenoxy) is 3. The van der Waals surface area contributed by atoms with Gasteiger partial charge in [-0.3, -0.25) is 4.79 Å². The second kappa shape index (κ2) is 5.62. The van der Waals surface area contributed by atoms with Gasteiger partial charge in [-0.05, 0) is 33.3 Å². The van der Waals surface area contributed by atoms with Crippen molar-refractivity contribution in [2.45, 2.75) is 57.7 Å². The second-order valence-corrected chi connectivity index (χ2v) is 7.83. The number of hydrogen-bond donors (Lipinski definition) is 1. The standard InChI is InChI=1S/C20H22O7/c1-6-7(2)18(23)26-16-11-9(4)19(24)25-15(11)12-10(8(3)13(16)21)14(22)17-20(12,5)27-17/h6,11-13,15-17,21H,4H2,1-3,5H3/b7-6+/t11-,12-,13+,15-,16-,17+,20-/m0/s1. The minimum Gasteiger partial charge on any atom is -0.457 e. The van der Waals surface area contributed by atoms with E-state index in [2.05, 4.69) is 6.58 Å². The highest BCUT2D eigenvalue weighted by Gasteiger charge is 2.74. The Hall–Kier alpha value is -2.25. The van der Waals surface area contributed by atoms with Gasteiger partial charge in [-0.2, -0.15) is 0 Å². The van der Waals surface area contributed by atoms with E-state index in [4.69, 9.17) is 14.2 Å². The fourth-order valence-corrected chi connectivity index (χ4v) is 4.62. The van der Waals surface area contributed by atoms with Gasteiger partial charge < -0.3 is 19.3 Å². The maximum atomic E-state index is 12.8. The third-order valence-electron chi connectivity index (χ3n) is 6.39. The average molecular weight is 374 g/mol. The van der Waals surface area contributed by atoms with E-state index in [1.54, 1.807) is 33.8 Å². The number of fused-ring (bicyclic) bond motifs is 5. The van der Waals surface area contributed by atoms with E-state index in [1.807, 2.05) is 0 Å². The molecule has 0 bridgehead atoms. The van der Waals surface area contributed by atoms with E-state index in [1.165, 1.54) is 0 Å². The molecule has 4 aliphatic rings. The van der Waals surface area contributed by atoms with Gasteiger partial charge in [-0.15, -0.1) is 0 Å². The summed E-state index contributed by atoms with van der Waals surface area (Å²) in [5.41, 5.74) is 0.567. The Morgan fingerprint density at radius 3 is 2.67 bits per heavy atom. The summed E-state index contributed by atoms with van der Waals surface area (Å²) in [7, 11) is 0. The molecule has 0 radical (unpaired) electrons. The second-order valence-electron chi connectivity index (χ2n) is 7.83. The first kappa shape index (κ1) is 18.1. The van der Waals surface area contributed by atoms with Crippen molar-refractivity contribution < 1.29 is 33.7 Å². The van der Waals surface area contributed by atoms with E-state index in [-0.39, 0.29) is 11.4 Å². The largest absolute Gasteiger partial charge is 0.457 e. The van der Waals surface area contributed by atoms with Gasteiger partial charge in [0, 0.05) is 16.7 Å². The zero-order valence-corrected chi connectivity index (χ0v) is 15.6. The smallest absolute Gasteiger partial charge is 0.334 e. The molecule has 0 unspecified atom stereocenters. The minimum absolute atomic E-state index is 0.129. The van der Waals surface area contributed by atoms with Crippen LogP contribution >= 0.6 is 0 Å². The summed E-state index contributed by atoms with van der Waals surface area (Å²) < 4.78 is 16.7. The lowest BCUT2D eigenvalue weighted by Gasteiger charge is -2.30. The maximum Gasteiger partial charge on any atom is 0.334 e. The molecular formula is C20H22O7. The highest BCUT2D eigenvalue weighted by atomic mass is 16.6. The summed E-state index contributed by atoms with van der Waals surface area (Å²) in [6, 6.07) is 0. The molecule has 7 atom stereocenters. The number of allylic oxidation sites excluding steroid dienone is 1. The molecule has 2 heterocycles.